The molecule has 0 aromatic heterocycles. The molecule has 0 atom stereocenters. The van der Waals surface area contributed by atoms with Crippen LogP contribution in [0.15, 0.2) is 30.3 Å². The van der Waals surface area contributed by atoms with Crippen molar-refractivity contribution >= 4 is 6.47 Å². The van der Waals surface area contributed by atoms with Gasteiger partial charge in [-0.15, -0.1) is 0 Å². The molecule has 0 unspecified atom stereocenters. The molecule has 1 aromatic carbocycles. The maximum atomic E-state index is 8.25. The maximum Gasteiger partial charge on any atom is 0.119 e. The van der Waals surface area contributed by atoms with Crippen molar-refractivity contribution in [1.82, 2.24) is 0 Å². The molecule has 0 aliphatic rings. The second kappa shape index (κ2) is 10.5. The fourth-order valence-corrected chi connectivity index (χ4v) is 0.994. The molecule has 0 radical (unpaired) electrons. The van der Waals surface area contributed by atoms with Gasteiger partial charge in [-0.1, -0.05) is 18.2 Å². The molecule has 4 nitrogen and oxygen atoms in total. The molecule has 0 fully saturated rings. The van der Waals surface area contributed by atoms with Crippen LogP contribution in [0.3, 0.4) is 0 Å². The maximum absolute atomic E-state index is 8.25. The first kappa shape index (κ1) is 13.4. The molecule has 4 heteroatoms. The van der Waals surface area contributed by atoms with E-state index in [0.29, 0.717) is 0 Å². The summed E-state index contributed by atoms with van der Waals surface area (Å²) in [6, 6.07) is 9.93. The Balaban J connectivity index is 0.000000583. The van der Waals surface area contributed by atoms with E-state index in [2.05, 4.69) is 12.4 Å². The van der Waals surface area contributed by atoms with E-state index < -0.39 is 6.47 Å². The Morgan fingerprint density at radius 1 is 1.40 bits per heavy atom. The lowest BCUT2D eigenvalue weighted by molar-refractivity contribution is -0.627. The van der Waals surface area contributed by atoms with Crippen LogP contribution >= 0.6 is 0 Å². The Hall–Kier alpha value is -1.55. The third-order valence-corrected chi connectivity index (χ3v) is 1.65. The summed E-state index contributed by atoms with van der Waals surface area (Å²) in [6.07, 6.45) is 1.10. The van der Waals surface area contributed by atoms with Gasteiger partial charge in [0, 0.05) is 12.9 Å². The standard InChI is InChI=1S/C10H15NO.CH2O2/c1-11-8-5-9-12-10-6-3-2-4-7-10;2-1-3/h2-4,6-7,11H,5,8-9H2,1H3;1H,(H,2,3). The van der Waals surface area contributed by atoms with E-state index in [-0.39, 0.29) is 0 Å². The number of hydrogen-bond donors (Lipinski definition) is 1. The summed E-state index contributed by atoms with van der Waals surface area (Å²) in [5, 5.41) is 10.4. The first-order chi connectivity index (χ1) is 7.35. The Morgan fingerprint density at radius 3 is 2.53 bits per heavy atom. The molecule has 0 spiro atoms. The van der Waals surface area contributed by atoms with E-state index in [0.717, 1.165) is 25.3 Å². The number of quaternary nitrogens is 1. The van der Waals surface area contributed by atoms with Gasteiger partial charge in [0.2, 0.25) is 0 Å². The highest BCUT2D eigenvalue weighted by molar-refractivity contribution is 5.29. The van der Waals surface area contributed by atoms with Crippen molar-refractivity contribution in [2.45, 2.75) is 6.42 Å². The lowest BCUT2D eigenvalue weighted by Crippen LogP contribution is -2.79. The van der Waals surface area contributed by atoms with Gasteiger partial charge in [-0.05, 0) is 12.1 Å². The second-order valence-corrected chi connectivity index (χ2v) is 2.81. The van der Waals surface area contributed by atoms with Gasteiger partial charge in [-0.3, -0.25) is 0 Å². The highest BCUT2D eigenvalue weighted by atomic mass is 16.5. The predicted octanol–water partition coefficient (Wildman–Crippen LogP) is -0.985. The third kappa shape index (κ3) is 8.77. The largest absolute Gasteiger partial charge is 0.554 e. The fourth-order valence-electron chi connectivity index (χ4n) is 0.994. The molecule has 0 aliphatic heterocycles. The first-order valence-electron chi connectivity index (χ1n) is 4.86. The summed E-state index contributed by atoms with van der Waals surface area (Å²) in [4.78, 5) is 8.25. The molecule has 2 N–H and O–H groups in total. The summed E-state index contributed by atoms with van der Waals surface area (Å²) in [6.45, 7) is 1.45. The highest BCUT2D eigenvalue weighted by Crippen LogP contribution is 2.07. The molecule has 0 saturated carbocycles. The summed E-state index contributed by atoms with van der Waals surface area (Å²) in [5.41, 5.74) is 0. The van der Waals surface area contributed by atoms with Gasteiger partial charge in [0.1, 0.15) is 5.75 Å². The van der Waals surface area contributed by atoms with E-state index in [1.54, 1.807) is 0 Å². The number of carbonyl (C=O) groups is 1. The highest BCUT2D eigenvalue weighted by Gasteiger charge is 1.90. The zero-order valence-electron chi connectivity index (χ0n) is 8.89. The number of ether oxygens (including phenoxy) is 1. The molecule has 1 rings (SSSR count). The number of hydrogen-bond acceptors (Lipinski definition) is 3. The van der Waals surface area contributed by atoms with Gasteiger partial charge in [-0.25, -0.2) is 0 Å². The fraction of sp³-hybridized carbons (Fsp3) is 0.364. The minimum absolute atomic E-state index is 0.500. The van der Waals surface area contributed by atoms with Gasteiger partial charge < -0.3 is 20.0 Å². The van der Waals surface area contributed by atoms with Crippen LogP contribution in [0.25, 0.3) is 0 Å². The summed E-state index contributed by atoms with van der Waals surface area (Å²) >= 11 is 0. The Bertz CT molecular complexity index is 239. The van der Waals surface area contributed by atoms with Gasteiger partial charge in [0.25, 0.3) is 0 Å². The summed E-state index contributed by atoms with van der Waals surface area (Å²) in [7, 11) is 2.07. The van der Waals surface area contributed by atoms with E-state index in [1.807, 2.05) is 30.3 Å². The molecule has 84 valence electrons. The van der Waals surface area contributed by atoms with Crippen molar-refractivity contribution in [2.75, 3.05) is 20.2 Å². The quantitative estimate of drug-likeness (QED) is 0.502. The topological polar surface area (TPSA) is 66.0 Å². The number of carbonyl (C=O) groups excluding carboxylic acids is 1. The molecule has 0 heterocycles. The van der Waals surface area contributed by atoms with Crippen LogP contribution in [-0.4, -0.2) is 26.7 Å². The number of benzene rings is 1. The third-order valence-electron chi connectivity index (χ3n) is 1.65. The average molecular weight is 211 g/mol. The van der Waals surface area contributed by atoms with Crippen molar-refractivity contribution in [3.63, 3.8) is 0 Å². The Labute approximate surface area is 89.9 Å². The molecule has 0 aliphatic carbocycles. The number of carboxylic acid groups (broad SMARTS) is 1. The monoisotopic (exact) mass is 211 g/mol. The predicted molar refractivity (Wildman–Crippen MR) is 55.3 cm³/mol. The van der Waals surface area contributed by atoms with E-state index >= 15 is 0 Å². The van der Waals surface area contributed by atoms with Crippen molar-refractivity contribution in [3.05, 3.63) is 30.3 Å². The van der Waals surface area contributed by atoms with E-state index in [4.69, 9.17) is 14.6 Å². The van der Waals surface area contributed by atoms with Gasteiger partial charge in [-0.2, -0.15) is 0 Å². The van der Waals surface area contributed by atoms with E-state index in [9.17, 15) is 0 Å². The summed E-state index contributed by atoms with van der Waals surface area (Å²) < 4.78 is 5.49. The molecule has 0 bridgehead atoms. The lowest BCUT2D eigenvalue weighted by Gasteiger charge is -2.03. The average Bonchev–Trinajstić information content (AvgIpc) is 2.27. The van der Waals surface area contributed by atoms with Gasteiger partial charge >= 0.3 is 0 Å². The Morgan fingerprint density at radius 2 is 2.00 bits per heavy atom. The number of rotatable bonds is 5. The smallest absolute Gasteiger partial charge is 0.119 e. The summed E-state index contributed by atoms with van der Waals surface area (Å²) in [5.74, 6) is 0.966. The molecule has 1 aromatic rings. The van der Waals surface area contributed by atoms with Crippen LogP contribution in [0.1, 0.15) is 6.42 Å². The van der Waals surface area contributed by atoms with Crippen LogP contribution in [-0.2, 0) is 4.79 Å². The normalized spacial score (nSPS) is 8.60. The van der Waals surface area contributed by atoms with Crippen molar-refractivity contribution in [2.24, 2.45) is 0 Å². The zero-order chi connectivity index (χ0) is 11.4. The molecule has 0 saturated heterocycles. The van der Waals surface area contributed by atoms with Crippen molar-refractivity contribution in [3.8, 4) is 5.75 Å². The van der Waals surface area contributed by atoms with Crippen LogP contribution in [0, 0.1) is 0 Å². The van der Waals surface area contributed by atoms with Crippen LogP contribution in [0.4, 0.5) is 0 Å². The van der Waals surface area contributed by atoms with Gasteiger partial charge in [0.15, 0.2) is 0 Å². The lowest BCUT2D eigenvalue weighted by atomic mass is 10.3. The second-order valence-electron chi connectivity index (χ2n) is 2.81. The van der Waals surface area contributed by atoms with Crippen molar-refractivity contribution < 1.29 is 20.0 Å². The van der Waals surface area contributed by atoms with Crippen molar-refractivity contribution in [1.29, 1.82) is 0 Å². The van der Waals surface area contributed by atoms with Crippen LogP contribution in [0.2, 0.25) is 0 Å². The SMILES string of the molecule is C[NH2+]CCCOc1ccccc1.O=C[O-]. The Kier molecular flexibility index (Phi) is 9.44. The molecular formula is C11H17NO3. The zero-order valence-corrected chi connectivity index (χ0v) is 8.89. The molecule has 15 heavy (non-hydrogen) atoms. The minimum Gasteiger partial charge on any atom is -0.554 e. The number of para-hydroxylation sites is 1. The van der Waals surface area contributed by atoms with Crippen LogP contribution in [0.5, 0.6) is 5.75 Å². The van der Waals surface area contributed by atoms with Gasteiger partial charge in [0.05, 0.1) is 20.2 Å². The molecule has 0 amide bonds. The number of nitrogens with two attached hydrogens (primary N) is 1. The first-order valence-corrected chi connectivity index (χ1v) is 4.86. The van der Waals surface area contributed by atoms with Crippen LogP contribution < -0.4 is 15.2 Å². The molecular weight excluding hydrogens is 194 g/mol. The minimum atomic E-state index is -0.500. The van der Waals surface area contributed by atoms with E-state index in [1.165, 1.54) is 0 Å².